The van der Waals surface area contributed by atoms with Gasteiger partial charge in [0, 0.05) is 18.3 Å². The highest BCUT2D eigenvalue weighted by Gasteiger charge is 2.18. The summed E-state index contributed by atoms with van der Waals surface area (Å²) in [5, 5.41) is 13.3. The number of nitrogens with one attached hydrogen (secondary N) is 1. The van der Waals surface area contributed by atoms with Gasteiger partial charge in [0.05, 0.1) is 6.10 Å². The molecule has 0 amide bonds. The predicted molar refractivity (Wildman–Crippen MR) is 68.4 cm³/mol. The van der Waals surface area contributed by atoms with Crippen molar-refractivity contribution >= 4 is 11.8 Å². The first-order valence-corrected chi connectivity index (χ1v) is 7.12. The van der Waals surface area contributed by atoms with Crippen LogP contribution in [-0.4, -0.2) is 35.3 Å². The molecule has 0 aromatic rings. The Hall–Kier alpha value is 0.270. The zero-order valence-electron chi connectivity index (χ0n) is 10.3. The molecular formula is C12H25NOS. The van der Waals surface area contributed by atoms with Crippen LogP contribution in [0.25, 0.3) is 0 Å². The molecule has 1 aliphatic heterocycles. The van der Waals surface area contributed by atoms with E-state index in [0.717, 1.165) is 13.0 Å². The van der Waals surface area contributed by atoms with E-state index >= 15 is 0 Å². The second kappa shape index (κ2) is 6.12. The molecule has 0 aromatic carbocycles. The molecule has 1 rings (SSSR count). The number of thioether (sulfide) groups is 1. The van der Waals surface area contributed by atoms with Crippen LogP contribution in [0.3, 0.4) is 0 Å². The van der Waals surface area contributed by atoms with E-state index in [4.69, 9.17) is 0 Å². The Morgan fingerprint density at radius 2 is 2.20 bits per heavy atom. The van der Waals surface area contributed by atoms with Crippen molar-refractivity contribution in [3.05, 3.63) is 0 Å². The number of hydrogen-bond acceptors (Lipinski definition) is 3. The van der Waals surface area contributed by atoms with Crippen molar-refractivity contribution in [1.82, 2.24) is 5.32 Å². The van der Waals surface area contributed by atoms with Crippen LogP contribution >= 0.6 is 11.8 Å². The van der Waals surface area contributed by atoms with Gasteiger partial charge in [-0.25, -0.2) is 0 Å². The number of aliphatic hydroxyl groups excluding tert-OH is 1. The molecule has 1 aliphatic rings. The fourth-order valence-electron chi connectivity index (χ4n) is 1.98. The standard InChI is InChI=1S/C12H25NOS/c1-12(2,3)7-11(14)8-13-10-5-4-6-15-9-10/h10-11,13-14H,4-9H2,1-3H3/t10-,11+/m0/s1. The highest BCUT2D eigenvalue weighted by atomic mass is 32.2. The summed E-state index contributed by atoms with van der Waals surface area (Å²) in [6.45, 7) is 7.27. The van der Waals surface area contributed by atoms with Crippen molar-refractivity contribution in [2.75, 3.05) is 18.1 Å². The van der Waals surface area contributed by atoms with Gasteiger partial charge in [0.15, 0.2) is 0 Å². The molecule has 1 fully saturated rings. The van der Waals surface area contributed by atoms with Crippen molar-refractivity contribution in [2.24, 2.45) is 5.41 Å². The Kier molecular flexibility index (Phi) is 5.44. The lowest BCUT2D eigenvalue weighted by atomic mass is 9.89. The van der Waals surface area contributed by atoms with E-state index < -0.39 is 0 Å². The highest BCUT2D eigenvalue weighted by Crippen LogP contribution is 2.21. The molecule has 0 spiro atoms. The molecule has 90 valence electrons. The molecule has 2 N–H and O–H groups in total. The molecule has 3 heteroatoms. The lowest BCUT2D eigenvalue weighted by Crippen LogP contribution is -2.39. The average molecular weight is 231 g/mol. The third kappa shape index (κ3) is 6.44. The smallest absolute Gasteiger partial charge is 0.0669 e. The molecule has 0 aromatic heterocycles. The van der Waals surface area contributed by atoms with Crippen LogP contribution in [-0.2, 0) is 0 Å². The number of rotatable bonds is 4. The first-order valence-electron chi connectivity index (χ1n) is 5.96. The van der Waals surface area contributed by atoms with E-state index in [0.29, 0.717) is 6.04 Å². The highest BCUT2D eigenvalue weighted by molar-refractivity contribution is 7.99. The van der Waals surface area contributed by atoms with Crippen molar-refractivity contribution in [1.29, 1.82) is 0 Å². The van der Waals surface area contributed by atoms with Crippen LogP contribution in [0.1, 0.15) is 40.0 Å². The zero-order valence-corrected chi connectivity index (χ0v) is 11.1. The first kappa shape index (κ1) is 13.3. The van der Waals surface area contributed by atoms with E-state index in [1.807, 2.05) is 11.8 Å². The minimum atomic E-state index is -0.197. The summed E-state index contributed by atoms with van der Waals surface area (Å²) in [5.41, 5.74) is 0.225. The fourth-order valence-corrected chi connectivity index (χ4v) is 3.09. The summed E-state index contributed by atoms with van der Waals surface area (Å²) in [7, 11) is 0. The Morgan fingerprint density at radius 1 is 1.47 bits per heavy atom. The Morgan fingerprint density at radius 3 is 2.73 bits per heavy atom. The van der Waals surface area contributed by atoms with Gasteiger partial charge in [0.25, 0.3) is 0 Å². The molecule has 0 aliphatic carbocycles. The van der Waals surface area contributed by atoms with Crippen LogP contribution < -0.4 is 5.32 Å². The van der Waals surface area contributed by atoms with E-state index in [9.17, 15) is 5.11 Å². The third-order valence-corrected chi connectivity index (χ3v) is 3.87. The van der Waals surface area contributed by atoms with Crippen molar-refractivity contribution in [3.63, 3.8) is 0 Å². The Labute approximate surface area is 98.2 Å². The quantitative estimate of drug-likeness (QED) is 0.778. The van der Waals surface area contributed by atoms with Gasteiger partial charge in [-0.15, -0.1) is 0 Å². The summed E-state index contributed by atoms with van der Waals surface area (Å²) >= 11 is 2.02. The second-order valence-electron chi connectivity index (χ2n) is 5.74. The van der Waals surface area contributed by atoms with Gasteiger partial charge in [0.2, 0.25) is 0 Å². The molecule has 0 radical (unpaired) electrons. The van der Waals surface area contributed by atoms with E-state index in [-0.39, 0.29) is 11.5 Å². The molecule has 2 nitrogen and oxygen atoms in total. The molecule has 0 unspecified atom stereocenters. The zero-order chi connectivity index (χ0) is 11.3. The lowest BCUT2D eigenvalue weighted by molar-refractivity contribution is 0.117. The predicted octanol–water partition coefficient (Wildman–Crippen LogP) is 2.27. The Balaban J connectivity index is 2.12. The SMILES string of the molecule is CC(C)(C)C[C@@H](O)CN[C@H]1CCCSC1. The van der Waals surface area contributed by atoms with Gasteiger partial charge in [-0.3, -0.25) is 0 Å². The monoisotopic (exact) mass is 231 g/mol. The minimum Gasteiger partial charge on any atom is -0.392 e. The molecule has 0 bridgehead atoms. The maximum Gasteiger partial charge on any atom is 0.0669 e. The van der Waals surface area contributed by atoms with Crippen LogP contribution in [0.2, 0.25) is 0 Å². The Bertz CT molecular complexity index is 173. The van der Waals surface area contributed by atoms with Gasteiger partial charge in [-0.05, 0) is 30.4 Å². The van der Waals surface area contributed by atoms with Crippen LogP contribution in [0.4, 0.5) is 0 Å². The molecule has 2 atom stereocenters. The average Bonchev–Trinajstić information content (AvgIpc) is 2.14. The second-order valence-corrected chi connectivity index (χ2v) is 6.89. The van der Waals surface area contributed by atoms with Gasteiger partial charge < -0.3 is 10.4 Å². The van der Waals surface area contributed by atoms with Crippen molar-refractivity contribution in [3.8, 4) is 0 Å². The van der Waals surface area contributed by atoms with Crippen LogP contribution in [0.15, 0.2) is 0 Å². The summed E-state index contributed by atoms with van der Waals surface area (Å²) in [4.78, 5) is 0. The van der Waals surface area contributed by atoms with Crippen LogP contribution in [0, 0.1) is 5.41 Å². The summed E-state index contributed by atoms with van der Waals surface area (Å²) in [6.07, 6.45) is 3.27. The third-order valence-electron chi connectivity index (χ3n) is 2.65. The van der Waals surface area contributed by atoms with Gasteiger partial charge in [-0.2, -0.15) is 11.8 Å². The van der Waals surface area contributed by atoms with Crippen LogP contribution in [0.5, 0.6) is 0 Å². The van der Waals surface area contributed by atoms with Gasteiger partial charge >= 0.3 is 0 Å². The molecule has 1 saturated heterocycles. The van der Waals surface area contributed by atoms with Crippen molar-refractivity contribution < 1.29 is 5.11 Å². The number of hydrogen-bond donors (Lipinski definition) is 2. The molecule has 1 heterocycles. The topological polar surface area (TPSA) is 32.3 Å². The normalized spacial score (nSPS) is 25.2. The maximum absolute atomic E-state index is 9.85. The lowest BCUT2D eigenvalue weighted by Gasteiger charge is -2.26. The fraction of sp³-hybridized carbons (Fsp3) is 1.00. The summed E-state index contributed by atoms with van der Waals surface area (Å²) in [6, 6.07) is 0.623. The van der Waals surface area contributed by atoms with Gasteiger partial charge in [-0.1, -0.05) is 20.8 Å². The van der Waals surface area contributed by atoms with E-state index in [1.54, 1.807) is 0 Å². The van der Waals surface area contributed by atoms with E-state index in [1.165, 1.54) is 24.3 Å². The molecular weight excluding hydrogens is 206 g/mol. The maximum atomic E-state index is 9.85. The molecule has 15 heavy (non-hydrogen) atoms. The summed E-state index contributed by atoms with van der Waals surface area (Å²) < 4.78 is 0. The number of aliphatic hydroxyl groups is 1. The van der Waals surface area contributed by atoms with E-state index in [2.05, 4.69) is 26.1 Å². The molecule has 0 saturated carbocycles. The van der Waals surface area contributed by atoms with Crippen molar-refractivity contribution in [2.45, 2.75) is 52.2 Å². The minimum absolute atomic E-state index is 0.197. The largest absolute Gasteiger partial charge is 0.392 e. The summed E-state index contributed by atoms with van der Waals surface area (Å²) in [5.74, 6) is 2.52. The first-order chi connectivity index (χ1) is 6.97. The van der Waals surface area contributed by atoms with Gasteiger partial charge in [0.1, 0.15) is 0 Å².